The minimum absolute atomic E-state index is 0.0322. The van der Waals surface area contributed by atoms with Crippen LogP contribution in [-0.4, -0.2) is 0 Å². The predicted octanol–water partition coefficient (Wildman–Crippen LogP) is 5.33. The number of hydrogen-bond donors (Lipinski definition) is 0. The maximum atomic E-state index is 6.56. The Morgan fingerprint density at radius 2 is 2.00 bits per heavy atom. The normalized spacial score (nSPS) is 15.9. The van der Waals surface area contributed by atoms with E-state index in [1.54, 1.807) is 11.3 Å². The Balaban J connectivity index is 1.97. The van der Waals surface area contributed by atoms with E-state index in [-0.39, 0.29) is 5.38 Å². The van der Waals surface area contributed by atoms with Crippen molar-refractivity contribution in [3.8, 4) is 0 Å². The summed E-state index contributed by atoms with van der Waals surface area (Å²) in [5.41, 5.74) is 4.21. The van der Waals surface area contributed by atoms with E-state index in [0.29, 0.717) is 0 Å². The molecule has 3 rings (SSSR count). The molecule has 17 heavy (non-hydrogen) atoms. The predicted molar refractivity (Wildman–Crippen MR) is 78.2 cm³/mol. The van der Waals surface area contributed by atoms with Crippen molar-refractivity contribution >= 4 is 38.9 Å². The first-order valence-electron chi connectivity index (χ1n) is 5.74. The van der Waals surface area contributed by atoms with E-state index in [1.165, 1.54) is 40.8 Å². The SMILES string of the molecule is ClC(c1ccc2c(c1)CCC2)c1sccc1Br. The summed E-state index contributed by atoms with van der Waals surface area (Å²) in [5.74, 6) is 0. The number of benzene rings is 1. The summed E-state index contributed by atoms with van der Waals surface area (Å²) in [6.45, 7) is 0. The molecule has 1 aliphatic carbocycles. The first-order chi connectivity index (χ1) is 8.25. The van der Waals surface area contributed by atoms with Gasteiger partial charge >= 0.3 is 0 Å². The Hall–Kier alpha value is -0.310. The molecule has 0 saturated carbocycles. The van der Waals surface area contributed by atoms with Crippen LogP contribution in [0.5, 0.6) is 0 Å². The lowest BCUT2D eigenvalue weighted by Crippen LogP contribution is -1.93. The second kappa shape index (κ2) is 4.75. The van der Waals surface area contributed by atoms with Gasteiger partial charge in [0.05, 0.1) is 5.38 Å². The van der Waals surface area contributed by atoms with Crippen molar-refractivity contribution in [2.45, 2.75) is 24.6 Å². The van der Waals surface area contributed by atoms with Gasteiger partial charge in [-0.3, -0.25) is 0 Å². The summed E-state index contributed by atoms with van der Waals surface area (Å²) < 4.78 is 1.11. The Morgan fingerprint density at radius 3 is 2.76 bits per heavy atom. The lowest BCUT2D eigenvalue weighted by molar-refractivity contribution is 0.911. The molecule has 2 aromatic rings. The third-order valence-corrected chi connectivity index (χ3v) is 5.83. The number of rotatable bonds is 2. The van der Waals surface area contributed by atoms with E-state index in [1.807, 2.05) is 0 Å². The van der Waals surface area contributed by atoms with Crippen molar-refractivity contribution in [3.63, 3.8) is 0 Å². The molecule has 88 valence electrons. The van der Waals surface area contributed by atoms with Gasteiger partial charge in [-0.05, 0) is 63.3 Å². The Morgan fingerprint density at radius 1 is 1.18 bits per heavy atom. The molecule has 0 spiro atoms. The molecule has 0 saturated heterocycles. The van der Waals surface area contributed by atoms with Gasteiger partial charge in [-0.2, -0.15) is 0 Å². The summed E-state index contributed by atoms with van der Waals surface area (Å²) in [7, 11) is 0. The molecule has 0 aliphatic heterocycles. The van der Waals surface area contributed by atoms with Gasteiger partial charge in [0.2, 0.25) is 0 Å². The molecule has 1 aliphatic rings. The molecule has 1 heterocycles. The highest BCUT2D eigenvalue weighted by atomic mass is 79.9. The van der Waals surface area contributed by atoms with E-state index in [9.17, 15) is 0 Å². The zero-order valence-electron chi connectivity index (χ0n) is 9.25. The molecule has 0 radical (unpaired) electrons. The molecule has 0 bridgehead atoms. The maximum absolute atomic E-state index is 6.56. The molecule has 0 N–H and O–H groups in total. The number of alkyl halides is 1. The summed E-state index contributed by atoms with van der Waals surface area (Å²) in [6, 6.07) is 8.76. The summed E-state index contributed by atoms with van der Waals surface area (Å²) in [5, 5.41) is 2.04. The van der Waals surface area contributed by atoms with Gasteiger partial charge in [-0.1, -0.05) is 18.2 Å². The number of thiophene rings is 1. The van der Waals surface area contributed by atoms with Crippen LogP contribution >= 0.6 is 38.9 Å². The van der Waals surface area contributed by atoms with E-state index < -0.39 is 0 Å². The maximum Gasteiger partial charge on any atom is 0.0939 e. The van der Waals surface area contributed by atoms with E-state index in [0.717, 1.165) is 4.47 Å². The third-order valence-electron chi connectivity index (χ3n) is 3.29. The van der Waals surface area contributed by atoms with Gasteiger partial charge in [0.15, 0.2) is 0 Å². The quantitative estimate of drug-likeness (QED) is 0.654. The highest BCUT2D eigenvalue weighted by Crippen LogP contribution is 2.38. The Kier molecular flexibility index (Phi) is 3.29. The van der Waals surface area contributed by atoms with Gasteiger partial charge in [0, 0.05) is 9.35 Å². The molecule has 1 aromatic carbocycles. The van der Waals surface area contributed by atoms with Crippen molar-refractivity contribution in [1.29, 1.82) is 0 Å². The molecule has 1 atom stereocenters. The highest BCUT2D eigenvalue weighted by Gasteiger charge is 2.18. The first-order valence-corrected chi connectivity index (χ1v) is 7.85. The topological polar surface area (TPSA) is 0 Å². The lowest BCUT2D eigenvalue weighted by Gasteiger charge is -2.10. The second-order valence-corrected chi connectivity index (χ2v) is 6.62. The number of hydrogen-bond acceptors (Lipinski definition) is 1. The second-order valence-electron chi connectivity index (χ2n) is 4.38. The van der Waals surface area contributed by atoms with Crippen LogP contribution in [0.3, 0.4) is 0 Å². The van der Waals surface area contributed by atoms with Gasteiger partial charge < -0.3 is 0 Å². The highest BCUT2D eigenvalue weighted by molar-refractivity contribution is 9.10. The van der Waals surface area contributed by atoms with Crippen molar-refractivity contribution in [2.24, 2.45) is 0 Å². The lowest BCUT2D eigenvalue weighted by atomic mass is 10.0. The largest absolute Gasteiger partial charge is 0.146 e. The van der Waals surface area contributed by atoms with Crippen LogP contribution in [0, 0.1) is 0 Å². The van der Waals surface area contributed by atoms with Crippen LogP contribution < -0.4 is 0 Å². The fourth-order valence-electron chi connectivity index (χ4n) is 2.39. The Bertz CT molecular complexity index is 547. The zero-order valence-corrected chi connectivity index (χ0v) is 12.4. The third kappa shape index (κ3) is 2.18. The van der Waals surface area contributed by atoms with Crippen molar-refractivity contribution in [2.75, 3.05) is 0 Å². The van der Waals surface area contributed by atoms with Gasteiger partial charge in [0.1, 0.15) is 0 Å². The fourth-order valence-corrected chi connectivity index (χ4v) is 4.53. The van der Waals surface area contributed by atoms with Gasteiger partial charge in [0.25, 0.3) is 0 Å². The Labute approximate surface area is 119 Å². The van der Waals surface area contributed by atoms with Crippen LogP contribution in [0.25, 0.3) is 0 Å². The minimum Gasteiger partial charge on any atom is -0.146 e. The summed E-state index contributed by atoms with van der Waals surface area (Å²) >= 11 is 11.8. The smallest absolute Gasteiger partial charge is 0.0939 e. The van der Waals surface area contributed by atoms with Crippen molar-refractivity contribution < 1.29 is 0 Å². The molecular weight excluding hydrogens is 316 g/mol. The van der Waals surface area contributed by atoms with E-state index in [4.69, 9.17) is 11.6 Å². The first kappa shape index (κ1) is 11.8. The summed E-state index contributed by atoms with van der Waals surface area (Å²) in [6.07, 6.45) is 3.72. The average molecular weight is 328 g/mol. The fraction of sp³-hybridized carbons (Fsp3) is 0.286. The average Bonchev–Trinajstić information content (AvgIpc) is 2.95. The number of aryl methyl sites for hydroxylation is 2. The van der Waals surface area contributed by atoms with Crippen LogP contribution in [0.15, 0.2) is 34.1 Å². The van der Waals surface area contributed by atoms with E-state index >= 15 is 0 Å². The molecular formula is C14H12BrClS. The van der Waals surface area contributed by atoms with E-state index in [2.05, 4.69) is 45.6 Å². The van der Waals surface area contributed by atoms with Gasteiger partial charge in [-0.15, -0.1) is 22.9 Å². The zero-order chi connectivity index (χ0) is 11.8. The minimum atomic E-state index is -0.0322. The number of halogens is 2. The molecule has 0 nitrogen and oxygen atoms in total. The monoisotopic (exact) mass is 326 g/mol. The van der Waals surface area contributed by atoms with Gasteiger partial charge in [-0.25, -0.2) is 0 Å². The molecule has 3 heteroatoms. The van der Waals surface area contributed by atoms with Crippen LogP contribution in [0.1, 0.15) is 33.4 Å². The molecule has 0 fully saturated rings. The van der Waals surface area contributed by atoms with Crippen LogP contribution in [-0.2, 0) is 12.8 Å². The van der Waals surface area contributed by atoms with Crippen LogP contribution in [0.2, 0.25) is 0 Å². The van der Waals surface area contributed by atoms with Crippen molar-refractivity contribution in [1.82, 2.24) is 0 Å². The molecule has 0 amide bonds. The molecule has 1 unspecified atom stereocenters. The van der Waals surface area contributed by atoms with Crippen LogP contribution in [0.4, 0.5) is 0 Å². The summed E-state index contributed by atoms with van der Waals surface area (Å²) in [4.78, 5) is 1.20. The van der Waals surface area contributed by atoms with Crippen molar-refractivity contribution in [3.05, 3.63) is 55.7 Å². The number of fused-ring (bicyclic) bond motifs is 1. The molecule has 1 aromatic heterocycles. The standard InChI is InChI=1S/C14H12BrClS/c15-12-6-7-17-14(12)13(16)11-5-4-9-2-1-3-10(9)8-11/h4-8,13H,1-3H2.